The van der Waals surface area contributed by atoms with Crippen LogP contribution in [-0.4, -0.2) is 51.0 Å². The summed E-state index contributed by atoms with van der Waals surface area (Å²) < 4.78 is 25.8. The van der Waals surface area contributed by atoms with Gasteiger partial charge in [-0.05, 0) is 55.3 Å². The number of sulfonamides is 1. The fourth-order valence-corrected chi connectivity index (χ4v) is 4.41. The number of rotatable bonds is 10. The Hall–Kier alpha value is -2.29. The van der Waals surface area contributed by atoms with Gasteiger partial charge in [0.05, 0.1) is 11.9 Å². The van der Waals surface area contributed by atoms with Crippen molar-refractivity contribution < 1.29 is 18.0 Å². The highest BCUT2D eigenvalue weighted by Crippen LogP contribution is 2.21. The van der Waals surface area contributed by atoms with E-state index in [4.69, 9.17) is 23.2 Å². The van der Waals surface area contributed by atoms with Gasteiger partial charge in [0.25, 0.3) is 0 Å². The number of benzene rings is 2. The molecule has 7 nitrogen and oxygen atoms in total. The Morgan fingerprint density at radius 3 is 2.03 bits per heavy atom. The van der Waals surface area contributed by atoms with Crippen LogP contribution in [0, 0.1) is 0 Å². The van der Waals surface area contributed by atoms with Gasteiger partial charge in [-0.2, -0.15) is 0 Å². The molecule has 174 valence electrons. The molecule has 0 aliphatic heterocycles. The van der Waals surface area contributed by atoms with Crippen molar-refractivity contribution in [2.75, 3.05) is 24.2 Å². The summed E-state index contributed by atoms with van der Waals surface area (Å²) in [6.07, 6.45) is 1.48. The molecule has 32 heavy (non-hydrogen) atoms. The molecular formula is C22H27Cl2N3O4S. The van der Waals surface area contributed by atoms with Gasteiger partial charge in [-0.1, -0.05) is 35.3 Å². The molecule has 1 atom stereocenters. The third-order valence-electron chi connectivity index (χ3n) is 4.95. The molecule has 1 unspecified atom stereocenters. The van der Waals surface area contributed by atoms with Crippen molar-refractivity contribution >= 4 is 50.7 Å². The number of halogens is 2. The van der Waals surface area contributed by atoms with Crippen molar-refractivity contribution in [2.45, 2.75) is 32.4 Å². The van der Waals surface area contributed by atoms with E-state index in [1.165, 1.54) is 16.3 Å². The van der Waals surface area contributed by atoms with E-state index in [-0.39, 0.29) is 37.7 Å². The van der Waals surface area contributed by atoms with Gasteiger partial charge < -0.3 is 10.2 Å². The SMILES string of the molecule is CNC(=O)C(C)N(Cc1ccc(Cl)cc1)C(=O)CCCN(c1ccc(Cl)cc1)S(C)(=O)=O. The molecule has 2 aromatic rings. The molecule has 0 bridgehead atoms. The van der Waals surface area contributed by atoms with Gasteiger partial charge in [-0.3, -0.25) is 13.9 Å². The maximum Gasteiger partial charge on any atom is 0.242 e. The Kier molecular flexibility index (Phi) is 9.36. The van der Waals surface area contributed by atoms with Gasteiger partial charge in [0, 0.05) is 36.6 Å². The normalized spacial score (nSPS) is 12.2. The van der Waals surface area contributed by atoms with E-state index >= 15 is 0 Å². The molecule has 0 aromatic heterocycles. The molecule has 2 amide bonds. The molecule has 0 spiro atoms. The summed E-state index contributed by atoms with van der Waals surface area (Å²) in [6.45, 7) is 2.01. The number of carbonyl (C=O) groups excluding carboxylic acids is 2. The molecular weight excluding hydrogens is 473 g/mol. The topological polar surface area (TPSA) is 86.8 Å². The Morgan fingerprint density at radius 2 is 1.53 bits per heavy atom. The van der Waals surface area contributed by atoms with Crippen molar-refractivity contribution in [1.29, 1.82) is 0 Å². The highest BCUT2D eigenvalue weighted by atomic mass is 35.5. The molecule has 0 radical (unpaired) electrons. The number of anilines is 1. The summed E-state index contributed by atoms with van der Waals surface area (Å²) in [6, 6.07) is 12.8. The summed E-state index contributed by atoms with van der Waals surface area (Å²) in [5.74, 6) is -0.535. The van der Waals surface area contributed by atoms with Crippen LogP contribution in [-0.2, 0) is 26.2 Å². The number of hydrogen-bond donors (Lipinski definition) is 1. The summed E-state index contributed by atoms with van der Waals surface area (Å²) >= 11 is 11.8. The summed E-state index contributed by atoms with van der Waals surface area (Å²) in [5.41, 5.74) is 1.30. The van der Waals surface area contributed by atoms with E-state index in [2.05, 4.69) is 5.32 Å². The fourth-order valence-electron chi connectivity index (χ4n) is 3.19. The van der Waals surface area contributed by atoms with Crippen molar-refractivity contribution in [3.8, 4) is 0 Å². The van der Waals surface area contributed by atoms with Gasteiger partial charge >= 0.3 is 0 Å². The Labute approximate surface area is 199 Å². The molecule has 0 aliphatic rings. The summed E-state index contributed by atoms with van der Waals surface area (Å²) in [5, 5.41) is 3.64. The predicted octanol–water partition coefficient (Wildman–Crippen LogP) is 3.70. The molecule has 0 saturated heterocycles. The van der Waals surface area contributed by atoms with Gasteiger partial charge in [0.1, 0.15) is 6.04 Å². The van der Waals surface area contributed by atoms with Crippen LogP contribution in [0.2, 0.25) is 10.0 Å². The van der Waals surface area contributed by atoms with Crippen LogP contribution in [0.25, 0.3) is 0 Å². The smallest absolute Gasteiger partial charge is 0.242 e. The highest BCUT2D eigenvalue weighted by Gasteiger charge is 2.26. The zero-order chi connectivity index (χ0) is 23.9. The second-order valence-electron chi connectivity index (χ2n) is 7.35. The van der Waals surface area contributed by atoms with E-state index in [1.54, 1.807) is 55.5 Å². The first-order valence-corrected chi connectivity index (χ1v) is 12.6. The standard InChI is InChI=1S/C22H27Cl2N3O4S/c1-16(22(29)25-2)26(15-17-6-8-18(23)9-7-17)21(28)5-4-14-27(32(3,30)31)20-12-10-19(24)11-13-20/h6-13,16H,4-5,14-15H2,1-3H3,(H,25,29). The van der Waals surface area contributed by atoms with Crippen molar-refractivity contribution in [3.63, 3.8) is 0 Å². The number of nitrogens with one attached hydrogen (secondary N) is 1. The first kappa shape index (κ1) is 26.0. The lowest BCUT2D eigenvalue weighted by molar-refractivity contribution is -0.140. The predicted molar refractivity (Wildman–Crippen MR) is 128 cm³/mol. The maximum absolute atomic E-state index is 13.0. The summed E-state index contributed by atoms with van der Waals surface area (Å²) in [4.78, 5) is 26.7. The molecule has 0 heterocycles. The van der Waals surface area contributed by atoms with Crippen LogP contribution < -0.4 is 9.62 Å². The molecule has 1 N–H and O–H groups in total. The van der Waals surface area contributed by atoms with Gasteiger partial charge in [0.2, 0.25) is 21.8 Å². The largest absolute Gasteiger partial charge is 0.357 e. The fraction of sp³-hybridized carbons (Fsp3) is 0.364. The quantitative estimate of drug-likeness (QED) is 0.539. The van der Waals surface area contributed by atoms with Gasteiger partial charge in [-0.25, -0.2) is 8.42 Å². The van der Waals surface area contributed by atoms with Gasteiger partial charge in [-0.15, -0.1) is 0 Å². The van der Waals surface area contributed by atoms with Crippen LogP contribution in [0.3, 0.4) is 0 Å². The zero-order valence-electron chi connectivity index (χ0n) is 18.2. The Morgan fingerprint density at radius 1 is 1.00 bits per heavy atom. The summed E-state index contributed by atoms with van der Waals surface area (Å²) in [7, 11) is -2.03. The second kappa shape index (κ2) is 11.5. The average Bonchev–Trinajstić information content (AvgIpc) is 2.75. The number of hydrogen-bond acceptors (Lipinski definition) is 4. The monoisotopic (exact) mass is 499 g/mol. The van der Waals surface area contributed by atoms with E-state index in [9.17, 15) is 18.0 Å². The first-order valence-electron chi connectivity index (χ1n) is 10.0. The molecule has 0 aliphatic carbocycles. The lowest BCUT2D eigenvalue weighted by Crippen LogP contribution is -2.46. The third kappa shape index (κ3) is 7.39. The number of carbonyl (C=O) groups is 2. The van der Waals surface area contributed by atoms with Crippen molar-refractivity contribution in [1.82, 2.24) is 10.2 Å². The molecule has 0 fully saturated rings. The molecule has 0 saturated carbocycles. The van der Waals surface area contributed by atoms with E-state index in [0.29, 0.717) is 15.7 Å². The average molecular weight is 500 g/mol. The van der Waals surface area contributed by atoms with E-state index in [0.717, 1.165) is 11.8 Å². The van der Waals surface area contributed by atoms with Gasteiger partial charge in [0.15, 0.2) is 0 Å². The van der Waals surface area contributed by atoms with Crippen LogP contribution in [0.15, 0.2) is 48.5 Å². The number of nitrogens with zero attached hydrogens (tertiary/aromatic N) is 2. The van der Waals surface area contributed by atoms with Crippen LogP contribution in [0.5, 0.6) is 0 Å². The Balaban J connectivity index is 2.12. The van der Waals surface area contributed by atoms with Crippen molar-refractivity contribution in [2.24, 2.45) is 0 Å². The second-order valence-corrected chi connectivity index (χ2v) is 10.1. The lowest BCUT2D eigenvalue weighted by Gasteiger charge is -2.29. The van der Waals surface area contributed by atoms with E-state index < -0.39 is 16.1 Å². The van der Waals surface area contributed by atoms with Crippen LogP contribution in [0.1, 0.15) is 25.3 Å². The molecule has 2 rings (SSSR count). The zero-order valence-corrected chi connectivity index (χ0v) is 20.5. The van der Waals surface area contributed by atoms with Crippen molar-refractivity contribution in [3.05, 3.63) is 64.1 Å². The van der Waals surface area contributed by atoms with Crippen LogP contribution in [0.4, 0.5) is 5.69 Å². The number of amides is 2. The minimum Gasteiger partial charge on any atom is -0.357 e. The number of likely N-dealkylation sites (N-methyl/N-ethyl adjacent to an activating group) is 1. The minimum absolute atomic E-state index is 0.0779. The third-order valence-corrected chi connectivity index (χ3v) is 6.64. The highest BCUT2D eigenvalue weighted by molar-refractivity contribution is 7.92. The lowest BCUT2D eigenvalue weighted by atomic mass is 10.1. The minimum atomic E-state index is -3.55. The van der Waals surface area contributed by atoms with E-state index in [1.807, 2.05) is 0 Å². The first-order chi connectivity index (χ1) is 15.0. The molecule has 10 heteroatoms. The maximum atomic E-state index is 13.0. The molecule has 2 aromatic carbocycles. The Bertz CT molecular complexity index is 1030. The van der Waals surface area contributed by atoms with Crippen LogP contribution >= 0.6 is 23.2 Å².